The fourth-order valence-corrected chi connectivity index (χ4v) is 1.76. The Morgan fingerprint density at radius 1 is 1.31 bits per heavy atom. The molecule has 13 heavy (non-hydrogen) atoms. The summed E-state index contributed by atoms with van der Waals surface area (Å²) in [5, 5.41) is 0. The quantitative estimate of drug-likeness (QED) is 0.733. The standard InChI is InChI=1S/C11H23NO/c1-4-11(2,3)13-10-8-6-5-7-9(10)12/h9-10H,4-8,12H2,1-3H3. The molecule has 1 saturated carbocycles. The van der Waals surface area contributed by atoms with Crippen LogP contribution in [0.2, 0.25) is 0 Å². The van der Waals surface area contributed by atoms with E-state index in [1.807, 2.05) is 0 Å². The van der Waals surface area contributed by atoms with Crippen molar-refractivity contribution in [1.82, 2.24) is 0 Å². The van der Waals surface area contributed by atoms with Gasteiger partial charge in [-0.15, -0.1) is 0 Å². The summed E-state index contributed by atoms with van der Waals surface area (Å²) in [6, 6.07) is 0.263. The minimum Gasteiger partial charge on any atom is -0.371 e. The topological polar surface area (TPSA) is 35.2 Å². The smallest absolute Gasteiger partial charge is 0.0733 e. The van der Waals surface area contributed by atoms with Crippen LogP contribution in [0.25, 0.3) is 0 Å². The van der Waals surface area contributed by atoms with E-state index >= 15 is 0 Å². The third-order valence-corrected chi connectivity index (χ3v) is 3.08. The highest BCUT2D eigenvalue weighted by atomic mass is 16.5. The van der Waals surface area contributed by atoms with Gasteiger partial charge in [-0.2, -0.15) is 0 Å². The molecular formula is C11H23NO. The first-order chi connectivity index (χ1) is 6.05. The van der Waals surface area contributed by atoms with Gasteiger partial charge in [0.25, 0.3) is 0 Å². The number of nitrogens with two attached hydrogens (primary N) is 1. The molecule has 0 aromatic rings. The largest absolute Gasteiger partial charge is 0.371 e. The van der Waals surface area contributed by atoms with Crippen LogP contribution < -0.4 is 5.73 Å². The van der Waals surface area contributed by atoms with E-state index in [4.69, 9.17) is 10.5 Å². The van der Waals surface area contributed by atoms with Gasteiger partial charge in [-0.25, -0.2) is 0 Å². The molecule has 78 valence electrons. The molecule has 1 aliphatic rings. The van der Waals surface area contributed by atoms with Gasteiger partial charge in [0, 0.05) is 6.04 Å². The van der Waals surface area contributed by atoms with Crippen molar-refractivity contribution in [2.75, 3.05) is 0 Å². The number of hydrogen-bond acceptors (Lipinski definition) is 2. The van der Waals surface area contributed by atoms with Crippen LogP contribution in [0.4, 0.5) is 0 Å². The second-order valence-electron chi connectivity index (χ2n) is 4.72. The van der Waals surface area contributed by atoms with Crippen molar-refractivity contribution in [3.63, 3.8) is 0 Å². The summed E-state index contributed by atoms with van der Waals surface area (Å²) in [6.45, 7) is 6.46. The van der Waals surface area contributed by atoms with E-state index in [-0.39, 0.29) is 11.6 Å². The van der Waals surface area contributed by atoms with E-state index < -0.39 is 0 Å². The minimum atomic E-state index is -0.000370. The van der Waals surface area contributed by atoms with Gasteiger partial charge < -0.3 is 10.5 Å². The summed E-state index contributed by atoms with van der Waals surface area (Å²) in [5.41, 5.74) is 6.02. The molecule has 1 aliphatic carbocycles. The van der Waals surface area contributed by atoms with E-state index in [2.05, 4.69) is 20.8 Å². The maximum atomic E-state index is 6.02. The van der Waals surface area contributed by atoms with Gasteiger partial charge in [-0.05, 0) is 33.1 Å². The van der Waals surface area contributed by atoms with Crippen molar-refractivity contribution in [1.29, 1.82) is 0 Å². The lowest BCUT2D eigenvalue weighted by Crippen LogP contribution is -2.44. The molecule has 2 N–H and O–H groups in total. The van der Waals surface area contributed by atoms with Gasteiger partial charge in [-0.3, -0.25) is 0 Å². The molecular weight excluding hydrogens is 162 g/mol. The van der Waals surface area contributed by atoms with Crippen LogP contribution in [-0.4, -0.2) is 17.7 Å². The first-order valence-electron chi connectivity index (χ1n) is 5.48. The highest BCUT2D eigenvalue weighted by molar-refractivity contribution is 4.81. The van der Waals surface area contributed by atoms with Crippen molar-refractivity contribution in [2.24, 2.45) is 5.73 Å². The van der Waals surface area contributed by atoms with Crippen LogP contribution in [0.3, 0.4) is 0 Å². The minimum absolute atomic E-state index is 0.000370. The Morgan fingerprint density at radius 3 is 2.46 bits per heavy atom. The van der Waals surface area contributed by atoms with Crippen molar-refractivity contribution in [2.45, 2.75) is 70.6 Å². The molecule has 1 rings (SSSR count). The highest BCUT2D eigenvalue weighted by Crippen LogP contribution is 2.25. The average Bonchev–Trinajstić information content (AvgIpc) is 2.09. The maximum Gasteiger partial charge on any atom is 0.0733 e. The van der Waals surface area contributed by atoms with Gasteiger partial charge in [0.05, 0.1) is 11.7 Å². The van der Waals surface area contributed by atoms with Gasteiger partial charge in [0.15, 0.2) is 0 Å². The van der Waals surface area contributed by atoms with E-state index in [0.29, 0.717) is 6.10 Å². The fraction of sp³-hybridized carbons (Fsp3) is 1.00. The number of rotatable bonds is 3. The predicted molar refractivity (Wildman–Crippen MR) is 55.7 cm³/mol. The van der Waals surface area contributed by atoms with Crippen molar-refractivity contribution >= 4 is 0 Å². The number of hydrogen-bond donors (Lipinski definition) is 1. The molecule has 0 bridgehead atoms. The highest BCUT2D eigenvalue weighted by Gasteiger charge is 2.28. The summed E-state index contributed by atoms with van der Waals surface area (Å²) >= 11 is 0. The molecule has 2 heteroatoms. The van der Waals surface area contributed by atoms with E-state index in [1.54, 1.807) is 0 Å². The summed E-state index contributed by atoms with van der Waals surface area (Å²) in [5.74, 6) is 0. The van der Waals surface area contributed by atoms with Gasteiger partial charge >= 0.3 is 0 Å². The van der Waals surface area contributed by atoms with Crippen molar-refractivity contribution < 1.29 is 4.74 Å². The van der Waals surface area contributed by atoms with E-state index in [0.717, 1.165) is 19.3 Å². The van der Waals surface area contributed by atoms with E-state index in [9.17, 15) is 0 Å². The van der Waals surface area contributed by atoms with Crippen LogP contribution in [0.1, 0.15) is 52.9 Å². The summed E-state index contributed by atoms with van der Waals surface area (Å²) in [4.78, 5) is 0. The molecule has 2 nitrogen and oxygen atoms in total. The summed E-state index contributed by atoms with van der Waals surface area (Å²) in [7, 11) is 0. The second kappa shape index (κ2) is 4.43. The molecule has 0 aromatic heterocycles. The molecule has 0 spiro atoms. The molecule has 0 radical (unpaired) electrons. The van der Waals surface area contributed by atoms with Crippen molar-refractivity contribution in [3.05, 3.63) is 0 Å². The van der Waals surface area contributed by atoms with Gasteiger partial charge in [-0.1, -0.05) is 19.8 Å². The molecule has 0 aliphatic heterocycles. The molecule has 0 aromatic carbocycles. The molecule has 0 heterocycles. The van der Waals surface area contributed by atoms with E-state index in [1.165, 1.54) is 12.8 Å². The zero-order chi connectivity index (χ0) is 9.90. The third-order valence-electron chi connectivity index (χ3n) is 3.08. The SMILES string of the molecule is CCC(C)(C)OC1CCCCC1N. The van der Waals surface area contributed by atoms with Crippen molar-refractivity contribution in [3.8, 4) is 0 Å². The zero-order valence-corrected chi connectivity index (χ0v) is 9.18. The van der Waals surface area contributed by atoms with Crippen LogP contribution in [0, 0.1) is 0 Å². The van der Waals surface area contributed by atoms with Crippen LogP contribution in [0.5, 0.6) is 0 Å². The number of ether oxygens (including phenoxy) is 1. The first-order valence-corrected chi connectivity index (χ1v) is 5.48. The zero-order valence-electron chi connectivity index (χ0n) is 9.18. The first kappa shape index (κ1) is 11.0. The average molecular weight is 185 g/mol. The molecule has 0 saturated heterocycles. The second-order valence-corrected chi connectivity index (χ2v) is 4.72. The summed E-state index contributed by atoms with van der Waals surface area (Å²) in [6.07, 6.45) is 6.17. The van der Waals surface area contributed by atoms with Gasteiger partial charge in [0.2, 0.25) is 0 Å². The Morgan fingerprint density at radius 2 is 1.92 bits per heavy atom. The van der Waals surface area contributed by atoms with Crippen LogP contribution in [-0.2, 0) is 4.74 Å². The lowest BCUT2D eigenvalue weighted by atomic mass is 9.92. The van der Waals surface area contributed by atoms with Crippen LogP contribution >= 0.6 is 0 Å². The molecule has 2 atom stereocenters. The van der Waals surface area contributed by atoms with Gasteiger partial charge in [0.1, 0.15) is 0 Å². The van der Waals surface area contributed by atoms with Crippen LogP contribution in [0.15, 0.2) is 0 Å². The Balaban J connectivity index is 2.42. The third kappa shape index (κ3) is 3.28. The normalized spacial score (nSPS) is 30.5. The Hall–Kier alpha value is -0.0800. The fourth-order valence-electron chi connectivity index (χ4n) is 1.76. The molecule has 2 unspecified atom stereocenters. The molecule has 0 amide bonds. The lowest BCUT2D eigenvalue weighted by Gasteiger charge is -2.35. The Kier molecular flexibility index (Phi) is 3.74. The predicted octanol–water partition coefficient (Wildman–Crippen LogP) is 2.46. The lowest BCUT2D eigenvalue weighted by molar-refractivity contribution is -0.0933. The maximum absolute atomic E-state index is 6.02. The summed E-state index contributed by atoms with van der Waals surface area (Å²) < 4.78 is 6.02. The monoisotopic (exact) mass is 185 g/mol. The molecule has 1 fully saturated rings. The Labute approximate surface area is 81.8 Å². The Bertz CT molecular complexity index is 156.